The van der Waals surface area contributed by atoms with Crippen LogP contribution >= 0.6 is 35.3 Å². The SMILES string of the molecule is CN=C(NCCc1csc(C(C)C)n1)N1CC(C)CC(C)C1.I. The summed E-state index contributed by atoms with van der Waals surface area (Å²) < 4.78 is 0. The van der Waals surface area contributed by atoms with E-state index in [1.54, 1.807) is 11.3 Å². The molecule has 0 bridgehead atoms. The van der Waals surface area contributed by atoms with E-state index in [0.29, 0.717) is 5.92 Å². The molecule has 0 spiro atoms. The van der Waals surface area contributed by atoms with E-state index in [1.807, 2.05) is 7.05 Å². The summed E-state index contributed by atoms with van der Waals surface area (Å²) in [5.41, 5.74) is 1.19. The predicted octanol–water partition coefficient (Wildman–Crippen LogP) is 3.98. The van der Waals surface area contributed by atoms with Gasteiger partial charge in [0, 0.05) is 44.4 Å². The van der Waals surface area contributed by atoms with Gasteiger partial charge in [-0.15, -0.1) is 35.3 Å². The molecule has 2 unspecified atom stereocenters. The number of likely N-dealkylation sites (tertiary alicyclic amines) is 1. The molecule has 1 aliphatic heterocycles. The summed E-state index contributed by atoms with van der Waals surface area (Å²) in [4.78, 5) is 11.6. The van der Waals surface area contributed by atoms with Gasteiger partial charge in [-0.3, -0.25) is 4.99 Å². The van der Waals surface area contributed by atoms with Crippen molar-refractivity contribution in [2.45, 2.75) is 46.5 Å². The number of aliphatic imine (C=N–C) groups is 1. The fourth-order valence-corrected chi connectivity index (χ4v) is 4.04. The third kappa shape index (κ3) is 6.21. The van der Waals surface area contributed by atoms with E-state index < -0.39 is 0 Å². The minimum absolute atomic E-state index is 0. The van der Waals surface area contributed by atoms with Crippen molar-refractivity contribution in [3.63, 3.8) is 0 Å². The molecule has 0 amide bonds. The number of nitrogens with one attached hydrogen (secondary N) is 1. The Balaban J connectivity index is 0.00000264. The van der Waals surface area contributed by atoms with E-state index in [9.17, 15) is 0 Å². The number of guanidine groups is 1. The van der Waals surface area contributed by atoms with Crippen LogP contribution in [0.2, 0.25) is 0 Å². The van der Waals surface area contributed by atoms with Crippen molar-refractivity contribution < 1.29 is 0 Å². The number of nitrogens with zero attached hydrogens (tertiary/aromatic N) is 3. The van der Waals surface area contributed by atoms with Gasteiger partial charge in [0.25, 0.3) is 0 Å². The summed E-state index contributed by atoms with van der Waals surface area (Å²) in [6.45, 7) is 12.2. The first kappa shape index (κ1) is 20.7. The molecule has 0 saturated carbocycles. The molecular weight excluding hydrogens is 419 g/mol. The van der Waals surface area contributed by atoms with Crippen LogP contribution in [0.15, 0.2) is 10.4 Å². The van der Waals surface area contributed by atoms with E-state index in [4.69, 9.17) is 4.98 Å². The smallest absolute Gasteiger partial charge is 0.193 e. The minimum atomic E-state index is 0. The highest BCUT2D eigenvalue weighted by Gasteiger charge is 2.23. The zero-order valence-electron chi connectivity index (χ0n) is 15.0. The molecule has 1 aliphatic rings. The second-order valence-electron chi connectivity index (χ2n) is 6.91. The topological polar surface area (TPSA) is 40.5 Å². The molecule has 0 radical (unpaired) electrons. The third-order valence-corrected chi connectivity index (χ3v) is 5.30. The Hall–Kier alpha value is -0.370. The fraction of sp³-hybridized carbons (Fsp3) is 0.765. The van der Waals surface area contributed by atoms with E-state index in [2.05, 4.69) is 48.3 Å². The number of rotatable bonds is 4. The van der Waals surface area contributed by atoms with Gasteiger partial charge < -0.3 is 10.2 Å². The van der Waals surface area contributed by atoms with Crippen molar-refractivity contribution in [1.82, 2.24) is 15.2 Å². The average Bonchev–Trinajstić information content (AvgIpc) is 2.91. The first-order valence-corrected chi connectivity index (χ1v) is 9.27. The maximum Gasteiger partial charge on any atom is 0.193 e. The van der Waals surface area contributed by atoms with E-state index in [-0.39, 0.29) is 24.0 Å². The van der Waals surface area contributed by atoms with E-state index >= 15 is 0 Å². The molecule has 1 N–H and O–H groups in total. The average molecular weight is 450 g/mol. The Bertz CT molecular complexity index is 491. The number of halogens is 1. The Morgan fingerprint density at radius 2 is 2.04 bits per heavy atom. The second-order valence-corrected chi connectivity index (χ2v) is 7.80. The predicted molar refractivity (Wildman–Crippen MR) is 111 cm³/mol. The summed E-state index contributed by atoms with van der Waals surface area (Å²) in [6, 6.07) is 0. The van der Waals surface area contributed by atoms with Crippen LogP contribution in [0, 0.1) is 11.8 Å². The summed E-state index contributed by atoms with van der Waals surface area (Å²) in [5, 5.41) is 6.93. The van der Waals surface area contributed by atoms with Crippen molar-refractivity contribution in [3.8, 4) is 0 Å². The molecule has 2 heterocycles. The first-order valence-electron chi connectivity index (χ1n) is 8.39. The molecule has 1 saturated heterocycles. The third-order valence-electron chi connectivity index (χ3n) is 4.11. The van der Waals surface area contributed by atoms with Gasteiger partial charge in [-0.25, -0.2) is 4.98 Å². The largest absolute Gasteiger partial charge is 0.356 e. The highest BCUT2D eigenvalue weighted by Crippen LogP contribution is 2.21. The van der Waals surface area contributed by atoms with Crippen molar-refractivity contribution in [2.75, 3.05) is 26.7 Å². The summed E-state index contributed by atoms with van der Waals surface area (Å²) in [6.07, 6.45) is 2.28. The molecule has 0 aliphatic carbocycles. The lowest BCUT2D eigenvalue weighted by atomic mass is 9.92. The van der Waals surface area contributed by atoms with Gasteiger partial charge in [-0.1, -0.05) is 27.7 Å². The monoisotopic (exact) mass is 450 g/mol. The number of piperidine rings is 1. The van der Waals surface area contributed by atoms with Crippen LogP contribution in [-0.2, 0) is 6.42 Å². The van der Waals surface area contributed by atoms with Crippen LogP contribution < -0.4 is 5.32 Å². The van der Waals surface area contributed by atoms with Crippen molar-refractivity contribution >= 4 is 41.3 Å². The fourth-order valence-electron chi connectivity index (χ4n) is 3.17. The molecule has 4 nitrogen and oxygen atoms in total. The molecule has 2 atom stereocenters. The molecule has 1 aromatic rings. The Kier molecular flexibility index (Phi) is 8.82. The number of hydrogen-bond acceptors (Lipinski definition) is 3. The van der Waals surface area contributed by atoms with Gasteiger partial charge in [0.1, 0.15) is 0 Å². The van der Waals surface area contributed by atoms with Crippen LogP contribution in [-0.4, -0.2) is 42.5 Å². The highest BCUT2D eigenvalue weighted by atomic mass is 127. The molecule has 2 rings (SSSR count). The van der Waals surface area contributed by atoms with Crippen LogP contribution in [0.5, 0.6) is 0 Å². The summed E-state index contributed by atoms with van der Waals surface area (Å²) in [7, 11) is 1.88. The van der Waals surface area contributed by atoms with E-state index in [1.165, 1.54) is 17.1 Å². The Labute approximate surface area is 162 Å². The lowest BCUT2D eigenvalue weighted by Crippen LogP contribution is -2.48. The zero-order chi connectivity index (χ0) is 16.1. The number of hydrogen-bond donors (Lipinski definition) is 1. The molecule has 1 fully saturated rings. The summed E-state index contributed by atoms with van der Waals surface area (Å²) in [5.74, 6) is 3.05. The lowest BCUT2D eigenvalue weighted by Gasteiger charge is -2.37. The van der Waals surface area contributed by atoms with Crippen molar-refractivity contribution in [1.29, 1.82) is 0 Å². The Morgan fingerprint density at radius 3 is 2.57 bits per heavy atom. The maximum absolute atomic E-state index is 4.69. The maximum atomic E-state index is 4.69. The molecule has 6 heteroatoms. The Morgan fingerprint density at radius 1 is 1.39 bits per heavy atom. The van der Waals surface area contributed by atoms with Gasteiger partial charge in [-0.05, 0) is 18.3 Å². The normalized spacial score (nSPS) is 22.2. The van der Waals surface area contributed by atoms with E-state index in [0.717, 1.165) is 43.9 Å². The molecule has 1 aromatic heterocycles. The van der Waals surface area contributed by atoms with Gasteiger partial charge in [0.05, 0.1) is 10.7 Å². The van der Waals surface area contributed by atoms with Crippen LogP contribution in [0.4, 0.5) is 0 Å². The molecule has 0 aromatic carbocycles. The van der Waals surface area contributed by atoms with Crippen LogP contribution in [0.25, 0.3) is 0 Å². The molecular formula is C17H31IN4S. The standard InChI is InChI=1S/C17H30N4S.HI/c1-12(2)16-20-15(11-22-16)6-7-19-17(18-5)21-9-13(3)8-14(4)10-21;/h11-14H,6-10H2,1-5H3,(H,18,19);1H. The highest BCUT2D eigenvalue weighted by molar-refractivity contribution is 14.0. The van der Waals surface area contributed by atoms with Crippen molar-refractivity contribution in [2.24, 2.45) is 16.8 Å². The molecule has 23 heavy (non-hydrogen) atoms. The quantitative estimate of drug-likeness (QED) is 0.429. The first-order chi connectivity index (χ1) is 10.5. The van der Waals surface area contributed by atoms with Crippen molar-refractivity contribution in [3.05, 3.63) is 16.1 Å². The van der Waals surface area contributed by atoms with Crippen LogP contribution in [0.3, 0.4) is 0 Å². The second kappa shape index (κ2) is 9.81. The van der Waals surface area contributed by atoms with Gasteiger partial charge in [0.15, 0.2) is 5.96 Å². The number of aromatic nitrogens is 1. The zero-order valence-corrected chi connectivity index (χ0v) is 18.1. The van der Waals surface area contributed by atoms with Crippen LogP contribution in [0.1, 0.15) is 50.7 Å². The van der Waals surface area contributed by atoms with Gasteiger partial charge >= 0.3 is 0 Å². The number of thiazole rings is 1. The summed E-state index contributed by atoms with van der Waals surface area (Å²) >= 11 is 1.77. The lowest BCUT2D eigenvalue weighted by molar-refractivity contribution is 0.208. The van der Waals surface area contributed by atoms with Gasteiger partial charge in [-0.2, -0.15) is 0 Å². The molecule has 132 valence electrons. The minimum Gasteiger partial charge on any atom is -0.356 e. The van der Waals surface area contributed by atoms with Gasteiger partial charge in [0.2, 0.25) is 0 Å².